The number of fused-ring (bicyclic) bond motifs is 1. The summed E-state index contributed by atoms with van der Waals surface area (Å²) >= 11 is 0. The third-order valence-corrected chi connectivity index (χ3v) is 4.41. The first-order valence-corrected chi connectivity index (χ1v) is 7.67. The van der Waals surface area contributed by atoms with Crippen LogP contribution in [-0.2, 0) is 0 Å². The average Bonchev–Trinajstić information content (AvgIpc) is 3.04. The minimum absolute atomic E-state index is 0.261. The molecule has 5 heteroatoms. The van der Waals surface area contributed by atoms with Gasteiger partial charge in [-0.25, -0.2) is 0 Å². The van der Waals surface area contributed by atoms with E-state index in [1.807, 2.05) is 24.3 Å². The molecular weight excluding hydrogens is 292 g/mol. The normalized spacial score (nSPS) is 21.4. The fourth-order valence-electron chi connectivity index (χ4n) is 3.08. The molecule has 5 nitrogen and oxygen atoms in total. The fourth-order valence-corrected chi connectivity index (χ4v) is 3.08. The maximum Gasteiger partial charge on any atom is 0.231 e. The van der Waals surface area contributed by atoms with Crippen LogP contribution in [0.4, 0.5) is 0 Å². The summed E-state index contributed by atoms with van der Waals surface area (Å²) in [5.41, 5.74) is 2.21. The third kappa shape index (κ3) is 2.16. The number of benzene rings is 2. The van der Waals surface area contributed by atoms with Gasteiger partial charge < -0.3 is 14.0 Å². The van der Waals surface area contributed by atoms with Gasteiger partial charge in [0.2, 0.25) is 18.5 Å². The van der Waals surface area contributed by atoms with Gasteiger partial charge in [0.25, 0.3) is 0 Å². The van der Waals surface area contributed by atoms with Crippen LogP contribution in [0, 0.1) is 0 Å². The zero-order valence-electron chi connectivity index (χ0n) is 12.3. The van der Waals surface area contributed by atoms with Gasteiger partial charge in [0.05, 0.1) is 0 Å². The first-order chi connectivity index (χ1) is 11.4. The molecular formula is C18H14N2O3. The van der Waals surface area contributed by atoms with E-state index in [2.05, 4.69) is 34.4 Å². The van der Waals surface area contributed by atoms with Gasteiger partial charge in [0.1, 0.15) is 0 Å². The number of hydrogen-bond donors (Lipinski definition) is 0. The molecule has 0 amide bonds. The molecule has 0 N–H and O–H groups in total. The SMILES string of the molecule is c1ccc([C@@H]2C[C@H]2c2nc(-c3ccc4c(c3)OCO4)no2)cc1. The number of rotatable bonds is 3. The first-order valence-electron chi connectivity index (χ1n) is 7.67. The highest BCUT2D eigenvalue weighted by atomic mass is 16.7. The molecule has 0 unspecified atom stereocenters. The average molecular weight is 306 g/mol. The van der Waals surface area contributed by atoms with Crippen molar-refractivity contribution in [1.82, 2.24) is 10.1 Å². The van der Waals surface area contributed by atoms with Gasteiger partial charge in [0, 0.05) is 11.5 Å². The van der Waals surface area contributed by atoms with Crippen molar-refractivity contribution in [2.75, 3.05) is 6.79 Å². The van der Waals surface area contributed by atoms with Crippen molar-refractivity contribution in [3.63, 3.8) is 0 Å². The number of ether oxygens (including phenoxy) is 2. The monoisotopic (exact) mass is 306 g/mol. The number of nitrogens with zero attached hydrogens (tertiary/aromatic N) is 2. The van der Waals surface area contributed by atoms with Gasteiger partial charge in [-0.2, -0.15) is 4.98 Å². The van der Waals surface area contributed by atoms with Gasteiger partial charge in [-0.05, 0) is 36.1 Å². The highest BCUT2D eigenvalue weighted by Crippen LogP contribution is 2.54. The van der Waals surface area contributed by atoms with Crippen LogP contribution < -0.4 is 9.47 Å². The summed E-state index contributed by atoms with van der Waals surface area (Å²) in [7, 11) is 0. The first kappa shape index (κ1) is 12.7. The molecule has 1 fully saturated rings. The summed E-state index contributed by atoms with van der Waals surface area (Å²) in [5, 5.41) is 4.12. The van der Waals surface area contributed by atoms with E-state index < -0.39 is 0 Å². The van der Waals surface area contributed by atoms with Crippen molar-refractivity contribution in [3.05, 3.63) is 60.0 Å². The van der Waals surface area contributed by atoms with Gasteiger partial charge in [-0.3, -0.25) is 0 Å². The summed E-state index contributed by atoms with van der Waals surface area (Å²) in [6.07, 6.45) is 1.06. The van der Waals surface area contributed by atoms with E-state index in [0.29, 0.717) is 23.6 Å². The van der Waals surface area contributed by atoms with Crippen molar-refractivity contribution in [1.29, 1.82) is 0 Å². The van der Waals surface area contributed by atoms with Crippen molar-refractivity contribution in [3.8, 4) is 22.9 Å². The molecule has 3 aromatic rings. The second-order valence-electron chi connectivity index (χ2n) is 5.88. The molecule has 5 rings (SSSR count). The summed E-state index contributed by atoms with van der Waals surface area (Å²) in [6, 6.07) is 16.2. The van der Waals surface area contributed by atoms with Crippen LogP contribution in [0.3, 0.4) is 0 Å². The van der Waals surface area contributed by atoms with E-state index >= 15 is 0 Å². The molecule has 1 aliphatic carbocycles. The van der Waals surface area contributed by atoms with E-state index in [4.69, 9.17) is 14.0 Å². The minimum Gasteiger partial charge on any atom is -0.454 e. The molecule has 1 saturated carbocycles. The Labute approximate surface area is 132 Å². The Morgan fingerprint density at radius 1 is 0.913 bits per heavy atom. The Morgan fingerprint density at radius 3 is 2.70 bits per heavy atom. The molecule has 2 aromatic carbocycles. The molecule has 0 saturated heterocycles. The van der Waals surface area contributed by atoms with Crippen LogP contribution in [-0.4, -0.2) is 16.9 Å². The van der Waals surface area contributed by atoms with Crippen LogP contribution in [0.5, 0.6) is 11.5 Å². The number of aromatic nitrogens is 2. The zero-order chi connectivity index (χ0) is 15.2. The van der Waals surface area contributed by atoms with Crippen molar-refractivity contribution in [2.24, 2.45) is 0 Å². The van der Waals surface area contributed by atoms with Crippen molar-refractivity contribution in [2.45, 2.75) is 18.3 Å². The summed E-state index contributed by atoms with van der Waals surface area (Å²) in [5.74, 6) is 3.60. The van der Waals surface area contributed by atoms with E-state index in [1.54, 1.807) is 0 Å². The second-order valence-corrected chi connectivity index (χ2v) is 5.88. The van der Waals surface area contributed by atoms with Crippen LogP contribution in [0.2, 0.25) is 0 Å². The lowest BCUT2D eigenvalue weighted by molar-refractivity contribution is 0.174. The molecule has 1 aromatic heterocycles. The molecule has 0 bridgehead atoms. The van der Waals surface area contributed by atoms with E-state index in [0.717, 1.165) is 23.5 Å². The Bertz CT molecular complexity index is 860. The van der Waals surface area contributed by atoms with E-state index in [-0.39, 0.29) is 6.79 Å². The van der Waals surface area contributed by atoms with E-state index in [9.17, 15) is 0 Å². The molecule has 2 atom stereocenters. The van der Waals surface area contributed by atoms with Crippen LogP contribution in [0.1, 0.15) is 29.7 Å². The molecule has 23 heavy (non-hydrogen) atoms. The third-order valence-electron chi connectivity index (χ3n) is 4.41. The maximum atomic E-state index is 5.48. The fraction of sp³-hybridized carbons (Fsp3) is 0.222. The molecule has 114 valence electrons. The predicted octanol–water partition coefficient (Wildman–Crippen LogP) is 3.74. The molecule has 0 radical (unpaired) electrons. The molecule has 2 heterocycles. The van der Waals surface area contributed by atoms with Gasteiger partial charge in [0.15, 0.2) is 11.5 Å². The standard InChI is InChI=1S/C18H14N2O3/c1-2-4-11(5-3-1)13-9-14(13)18-19-17(20-23-18)12-6-7-15-16(8-12)22-10-21-15/h1-8,13-14H,9-10H2/t13-,14+/m0/s1. The maximum absolute atomic E-state index is 5.48. The Kier molecular flexibility index (Phi) is 2.67. The Balaban J connectivity index is 1.39. The highest BCUT2D eigenvalue weighted by Gasteiger charge is 2.43. The summed E-state index contributed by atoms with van der Waals surface area (Å²) < 4.78 is 16.2. The van der Waals surface area contributed by atoms with Crippen LogP contribution >= 0.6 is 0 Å². The van der Waals surface area contributed by atoms with Crippen molar-refractivity contribution >= 4 is 0 Å². The lowest BCUT2D eigenvalue weighted by atomic mass is 10.1. The molecule has 2 aliphatic rings. The lowest BCUT2D eigenvalue weighted by Crippen LogP contribution is -1.92. The smallest absolute Gasteiger partial charge is 0.231 e. The summed E-state index contributed by atoms with van der Waals surface area (Å²) in [6.45, 7) is 0.261. The lowest BCUT2D eigenvalue weighted by Gasteiger charge is -1.97. The minimum atomic E-state index is 0.261. The Hall–Kier alpha value is -2.82. The van der Waals surface area contributed by atoms with Crippen molar-refractivity contribution < 1.29 is 14.0 Å². The molecule has 1 aliphatic heterocycles. The Morgan fingerprint density at radius 2 is 1.78 bits per heavy atom. The van der Waals surface area contributed by atoms with Gasteiger partial charge in [-0.1, -0.05) is 35.5 Å². The second kappa shape index (κ2) is 4.84. The van der Waals surface area contributed by atoms with Gasteiger partial charge in [-0.15, -0.1) is 0 Å². The number of hydrogen-bond acceptors (Lipinski definition) is 5. The van der Waals surface area contributed by atoms with Gasteiger partial charge >= 0.3 is 0 Å². The van der Waals surface area contributed by atoms with Crippen LogP contribution in [0.25, 0.3) is 11.4 Å². The largest absolute Gasteiger partial charge is 0.454 e. The summed E-state index contributed by atoms with van der Waals surface area (Å²) in [4.78, 5) is 4.57. The zero-order valence-corrected chi connectivity index (χ0v) is 12.3. The molecule has 0 spiro atoms. The predicted molar refractivity (Wildman–Crippen MR) is 82.4 cm³/mol. The van der Waals surface area contributed by atoms with Crippen LogP contribution in [0.15, 0.2) is 53.1 Å². The quantitative estimate of drug-likeness (QED) is 0.738. The van der Waals surface area contributed by atoms with E-state index in [1.165, 1.54) is 5.56 Å². The highest BCUT2D eigenvalue weighted by molar-refractivity contribution is 5.61. The topological polar surface area (TPSA) is 57.4 Å².